The number of amides is 2. The van der Waals surface area contributed by atoms with Crippen LogP contribution < -0.4 is 10.6 Å². The minimum atomic E-state index is -0.557. The van der Waals surface area contributed by atoms with Gasteiger partial charge < -0.3 is 15.7 Å². The van der Waals surface area contributed by atoms with Gasteiger partial charge in [-0.2, -0.15) is 0 Å². The lowest BCUT2D eigenvalue weighted by Crippen LogP contribution is -2.40. The molecular weight excluding hydrogens is 240 g/mol. The van der Waals surface area contributed by atoms with Crippen molar-refractivity contribution >= 4 is 6.03 Å². The van der Waals surface area contributed by atoms with E-state index >= 15 is 0 Å². The minimum Gasteiger partial charge on any atom is -0.391 e. The molecule has 1 atom stereocenters. The highest BCUT2D eigenvalue weighted by Gasteiger charge is 2.07. The molecule has 0 aromatic heterocycles. The van der Waals surface area contributed by atoms with Crippen molar-refractivity contribution in [3.8, 4) is 0 Å². The molecule has 1 rings (SSSR count). The Balaban J connectivity index is 2.16. The maximum atomic E-state index is 11.4. The fraction of sp³-hybridized carbons (Fsp3) is 0.533. The van der Waals surface area contributed by atoms with Gasteiger partial charge in [0.05, 0.1) is 6.10 Å². The Morgan fingerprint density at radius 2 is 1.89 bits per heavy atom. The molecular formula is C15H24N2O2. The lowest BCUT2D eigenvalue weighted by atomic mass is 10.1. The molecule has 4 nitrogen and oxygen atoms in total. The maximum absolute atomic E-state index is 11.4. The molecule has 1 unspecified atom stereocenters. The highest BCUT2D eigenvalue weighted by atomic mass is 16.3. The summed E-state index contributed by atoms with van der Waals surface area (Å²) < 4.78 is 0. The van der Waals surface area contributed by atoms with Crippen LogP contribution in [-0.4, -0.2) is 30.3 Å². The van der Waals surface area contributed by atoms with Crippen molar-refractivity contribution in [3.63, 3.8) is 0 Å². The van der Waals surface area contributed by atoms with Crippen LogP contribution in [0.25, 0.3) is 0 Å². The van der Waals surface area contributed by atoms with Gasteiger partial charge in [-0.15, -0.1) is 0 Å². The van der Waals surface area contributed by atoms with Gasteiger partial charge in [0, 0.05) is 19.5 Å². The van der Waals surface area contributed by atoms with E-state index in [1.165, 1.54) is 0 Å². The van der Waals surface area contributed by atoms with Crippen molar-refractivity contribution in [1.29, 1.82) is 0 Å². The number of hydrogen-bond acceptors (Lipinski definition) is 2. The van der Waals surface area contributed by atoms with Gasteiger partial charge in [0.1, 0.15) is 0 Å². The molecule has 0 heterocycles. The number of urea groups is 1. The molecule has 1 aromatic carbocycles. The van der Waals surface area contributed by atoms with E-state index in [-0.39, 0.29) is 12.6 Å². The van der Waals surface area contributed by atoms with Crippen molar-refractivity contribution in [2.75, 3.05) is 13.1 Å². The van der Waals surface area contributed by atoms with Gasteiger partial charge in [-0.1, -0.05) is 44.2 Å². The standard InChI is InChI=1S/C15H24N2O2/c1-12(2)8-9-16-15(19)17-11-14(18)10-13-6-4-3-5-7-13/h3-7,12,14,18H,8-11H2,1-2H3,(H2,16,17,19). The third kappa shape index (κ3) is 7.47. The van der Waals surface area contributed by atoms with Crippen molar-refractivity contribution in [3.05, 3.63) is 35.9 Å². The number of nitrogens with one attached hydrogen (secondary N) is 2. The highest BCUT2D eigenvalue weighted by molar-refractivity contribution is 5.73. The number of carbonyl (C=O) groups is 1. The van der Waals surface area contributed by atoms with E-state index in [0.717, 1.165) is 12.0 Å². The number of rotatable bonds is 7. The number of aliphatic hydroxyl groups is 1. The molecule has 4 heteroatoms. The Morgan fingerprint density at radius 1 is 1.21 bits per heavy atom. The van der Waals surface area contributed by atoms with E-state index < -0.39 is 6.10 Å². The van der Waals surface area contributed by atoms with E-state index in [1.54, 1.807) is 0 Å². The fourth-order valence-corrected chi connectivity index (χ4v) is 1.71. The van der Waals surface area contributed by atoms with Crippen molar-refractivity contribution in [1.82, 2.24) is 10.6 Å². The maximum Gasteiger partial charge on any atom is 0.314 e. The van der Waals surface area contributed by atoms with Crippen LogP contribution in [0.4, 0.5) is 4.79 Å². The molecule has 1 aromatic rings. The number of aliphatic hydroxyl groups excluding tert-OH is 1. The molecule has 0 spiro atoms. The first-order valence-corrected chi connectivity index (χ1v) is 6.81. The first-order valence-electron chi connectivity index (χ1n) is 6.81. The molecule has 0 fully saturated rings. The summed E-state index contributed by atoms with van der Waals surface area (Å²) in [5.41, 5.74) is 1.07. The van der Waals surface area contributed by atoms with Crippen LogP contribution in [0, 0.1) is 5.92 Å². The first kappa shape index (κ1) is 15.5. The van der Waals surface area contributed by atoms with Gasteiger partial charge in [-0.3, -0.25) is 0 Å². The van der Waals surface area contributed by atoms with E-state index in [1.807, 2.05) is 30.3 Å². The number of hydrogen-bond donors (Lipinski definition) is 3. The Morgan fingerprint density at radius 3 is 2.53 bits per heavy atom. The minimum absolute atomic E-state index is 0.215. The van der Waals surface area contributed by atoms with Crippen molar-refractivity contribution in [2.24, 2.45) is 5.92 Å². The average Bonchev–Trinajstić information content (AvgIpc) is 2.37. The van der Waals surface area contributed by atoms with Gasteiger partial charge in [-0.05, 0) is 17.9 Å². The lowest BCUT2D eigenvalue weighted by molar-refractivity contribution is 0.170. The molecule has 0 aliphatic rings. The summed E-state index contributed by atoms with van der Waals surface area (Å²) >= 11 is 0. The summed E-state index contributed by atoms with van der Waals surface area (Å²) in [6.07, 6.45) is 0.950. The summed E-state index contributed by atoms with van der Waals surface area (Å²) in [6.45, 7) is 5.16. The van der Waals surface area contributed by atoms with Crippen LogP contribution in [0.3, 0.4) is 0 Å². The van der Waals surface area contributed by atoms with Crippen LogP contribution in [0.5, 0.6) is 0 Å². The summed E-state index contributed by atoms with van der Waals surface area (Å²) in [5, 5.41) is 15.3. The zero-order chi connectivity index (χ0) is 14.1. The molecule has 0 saturated heterocycles. The van der Waals surface area contributed by atoms with Gasteiger partial charge in [0.15, 0.2) is 0 Å². The highest BCUT2D eigenvalue weighted by Crippen LogP contribution is 2.02. The third-order valence-electron chi connectivity index (χ3n) is 2.82. The van der Waals surface area contributed by atoms with E-state index in [2.05, 4.69) is 24.5 Å². The second-order valence-electron chi connectivity index (χ2n) is 5.16. The molecule has 2 amide bonds. The molecule has 0 bridgehead atoms. The molecule has 19 heavy (non-hydrogen) atoms. The summed E-state index contributed by atoms with van der Waals surface area (Å²) in [6, 6.07) is 9.53. The topological polar surface area (TPSA) is 61.4 Å². The smallest absolute Gasteiger partial charge is 0.314 e. The Kier molecular flexibility index (Phi) is 6.97. The van der Waals surface area contributed by atoms with E-state index in [4.69, 9.17) is 0 Å². The Labute approximate surface area is 115 Å². The predicted octanol–water partition coefficient (Wildman–Crippen LogP) is 1.94. The monoisotopic (exact) mass is 264 g/mol. The van der Waals surface area contributed by atoms with Gasteiger partial charge >= 0.3 is 6.03 Å². The fourth-order valence-electron chi connectivity index (χ4n) is 1.71. The van der Waals surface area contributed by atoms with Crippen LogP contribution >= 0.6 is 0 Å². The number of benzene rings is 1. The second kappa shape index (κ2) is 8.53. The zero-order valence-corrected chi connectivity index (χ0v) is 11.7. The van der Waals surface area contributed by atoms with E-state index in [9.17, 15) is 9.90 Å². The molecule has 106 valence electrons. The molecule has 3 N–H and O–H groups in total. The SMILES string of the molecule is CC(C)CCNC(=O)NCC(O)Cc1ccccc1. The van der Waals surface area contributed by atoms with Crippen LogP contribution in [0.2, 0.25) is 0 Å². The lowest BCUT2D eigenvalue weighted by Gasteiger charge is -2.13. The Hall–Kier alpha value is -1.55. The van der Waals surface area contributed by atoms with Crippen LogP contribution in [-0.2, 0) is 6.42 Å². The largest absolute Gasteiger partial charge is 0.391 e. The van der Waals surface area contributed by atoms with Gasteiger partial charge in [-0.25, -0.2) is 4.79 Å². The summed E-state index contributed by atoms with van der Waals surface area (Å²) in [4.78, 5) is 11.4. The predicted molar refractivity (Wildman–Crippen MR) is 77.0 cm³/mol. The molecule has 0 aliphatic heterocycles. The summed E-state index contributed by atoms with van der Waals surface area (Å²) in [5.74, 6) is 0.573. The van der Waals surface area contributed by atoms with Crippen LogP contribution in [0.1, 0.15) is 25.8 Å². The molecule has 0 aliphatic carbocycles. The quantitative estimate of drug-likeness (QED) is 0.705. The summed E-state index contributed by atoms with van der Waals surface area (Å²) in [7, 11) is 0. The second-order valence-corrected chi connectivity index (χ2v) is 5.16. The normalized spacial score (nSPS) is 12.2. The van der Waals surface area contributed by atoms with Gasteiger partial charge in [0.2, 0.25) is 0 Å². The Bertz CT molecular complexity index is 366. The number of carbonyl (C=O) groups excluding carboxylic acids is 1. The zero-order valence-electron chi connectivity index (χ0n) is 11.7. The van der Waals surface area contributed by atoms with Crippen molar-refractivity contribution in [2.45, 2.75) is 32.8 Å². The van der Waals surface area contributed by atoms with Crippen molar-refractivity contribution < 1.29 is 9.90 Å². The third-order valence-corrected chi connectivity index (χ3v) is 2.82. The average molecular weight is 264 g/mol. The molecule has 0 saturated carbocycles. The first-order chi connectivity index (χ1) is 9.08. The van der Waals surface area contributed by atoms with Gasteiger partial charge in [0.25, 0.3) is 0 Å². The molecule has 0 radical (unpaired) electrons. The van der Waals surface area contributed by atoms with E-state index in [0.29, 0.717) is 18.9 Å². The van der Waals surface area contributed by atoms with Crippen LogP contribution in [0.15, 0.2) is 30.3 Å².